The van der Waals surface area contributed by atoms with Gasteiger partial charge in [-0.3, -0.25) is 0 Å². The first kappa shape index (κ1) is 25.5. The van der Waals surface area contributed by atoms with Gasteiger partial charge in [-0.15, -0.1) is 0 Å². The summed E-state index contributed by atoms with van der Waals surface area (Å²) in [6, 6.07) is 18.0. The Hall–Kier alpha value is -4.54. The first-order valence-electron chi connectivity index (χ1n) is 10.5. The molecule has 0 amide bonds. The van der Waals surface area contributed by atoms with Crippen molar-refractivity contribution in [1.29, 1.82) is 0 Å². The molecule has 5 nitrogen and oxygen atoms in total. The first-order valence-corrected chi connectivity index (χ1v) is 10.5. The van der Waals surface area contributed by atoms with E-state index in [1.165, 1.54) is 36.4 Å². The van der Waals surface area contributed by atoms with E-state index in [2.05, 4.69) is 0 Å². The fourth-order valence-corrected chi connectivity index (χ4v) is 3.25. The van der Waals surface area contributed by atoms with Crippen LogP contribution in [0.2, 0.25) is 0 Å². The summed E-state index contributed by atoms with van der Waals surface area (Å²) in [4.78, 5) is 0. The lowest BCUT2D eigenvalue weighted by Gasteiger charge is -2.13. The Morgan fingerprint density at radius 1 is 0.405 bits per heavy atom. The number of nitrogen functional groups attached to an aromatic ring is 2. The van der Waals surface area contributed by atoms with Gasteiger partial charge >= 0.3 is 12.4 Å². The summed E-state index contributed by atoms with van der Waals surface area (Å²) in [6.07, 6.45) is -9.13. The largest absolute Gasteiger partial charge is 0.457 e. The Morgan fingerprint density at radius 3 is 0.946 bits per heavy atom. The third-order valence-corrected chi connectivity index (χ3v) is 4.87. The number of hydrogen-bond acceptors (Lipinski definition) is 5. The predicted molar refractivity (Wildman–Crippen MR) is 125 cm³/mol. The van der Waals surface area contributed by atoms with Crippen molar-refractivity contribution < 1.29 is 40.6 Å². The molecule has 0 heterocycles. The van der Waals surface area contributed by atoms with Gasteiger partial charge < -0.3 is 25.7 Å². The summed E-state index contributed by atoms with van der Waals surface area (Å²) in [5.74, 6) is 1.18. The van der Waals surface area contributed by atoms with Crippen molar-refractivity contribution in [2.45, 2.75) is 12.4 Å². The number of halogens is 6. The zero-order valence-electron chi connectivity index (χ0n) is 18.7. The van der Waals surface area contributed by atoms with Gasteiger partial charge in [0.05, 0.1) is 11.1 Å². The molecular weight excluding hydrogens is 502 g/mol. The monoisotopic (exact) mass is 520 g/mol. The number of anilines is 2. The van der Waals surface area contributed by atoms with Crippen molar-refractivity contribution in [1.82, 2.24) is 0 Å². The maximum Gasteiger partial charge on any atom is 0.416 e. The van der Waals surface area contributed by atoms with Crippen LogP contribution in [-0.4, -0.2) is 0 Å². The topological polar surface area (TPSA) is 79.7 Å². The minimum atomic E-state index is -4.56. The predicted octanol–water partition coefficient (Wildman–Crippen LogP) is 8.27. The number of rotatable bonds is 6. The molecule has 37 heavy (non-hydrogen) atoms. The van der Waals surface area contributed by atoms with Crippen molar-refractivity contribution in [3.63, 3.8) is 0 Å². The molecule has 0 aromatic heterocycles. The minimum absolute atomic E-state index is 0.0703. The summed E-state index contributed by atoms with van der Waals surface area (Å²) >= 11 is 0. The lowest BCUT2D eigenvalue weighted by atomic mass is 10.2. The van der Waals surface area contributed by atoms with Crippen LogP contribution >= 0.6 is 0 Å². The van der Waals surface area contributed by atoms with E-state index in [9.17, 15) is 26.3 Å². The Morgan fingerprint density at radius 2 is 0.676 bits per heavy atom. The Labute approximate surface area is 206 Å². The molecule has 0 aliphatic heterocycles. The third kappa shape index (κ3) is 6.78. The van der Waals surface area contributed by atoms with E-state index < -0.39 is 23.5 Å². The minimum Gasteiger partial charge on any atom is -0.457 e. The van der Waals surface area contributed by atoms with E-state index in [-0.39, 0.29) is 34.4 Å². The lowest BCUT2D eigenvalue weighted by Crippen LogP contribution is -2.06. The van der Waals surface area contributed by atoms with Gasteiger partial charge in [0.2, 0.25) is 0 Å². The van der Waals surface area contributed by atoms with Crippen molar-refractivity contribution >= 4 is 11.4 Å². The van der Waals surface area contributed by atoms with Crippen LogP contribution in [0.5, 0.6) is 34.5 Å². The van der Waals surface area contributed by atoms with Gasteiger partial charge in [0, 0.05) is 23.5 Å². The molecule has 0 saturated heterocycles. The molecule has 11 heteroatoms. The average Bonchev–Trinajstić information content (AvgIpc) is 2.80. The van der Waals surface area contributed by atoms with E-state index in [0.717, 1.165) is 24.3 Å². The van der Waals surface area contributed by atoms with Crippen LogP contribution in [0.1, 0.15) is 11.1 Å². The summed E-state index contributed by atoms with van der Waals surface area (Å²) < 4.78 is 94.5. The second-order valence-corrected chi connectivity index (χ2v) is 7.83. The van der Waals surface area contributed by atoms with Gasteiger partial charge in [0.1, 0.15) is 34.5 Å². The van der Waals surface area contributed by atoms with Crippen molar-refractivity contribution in [3.8, 4) is 34.5 Å². The molecule has 4 aromatic rings. The van der Waals surface area contributed by atoms with E-state index >= 15 is 0 Å². The fraction of sp³-hybridized carbons (Fsp3) is 0.0769. The quantitative estimate of drug-likeness (QED) is 0.198. The summed E-state index contributed by atoms with van der Waals surface area (Å²) in [5, 5.41) is 0. The van der Waals surface area contributed by atoms with E-state index in [1.807, 2.05) is 0 Å². The highest BCUT2D eigenvalue weighted by Gasteiger charge is 2.32. The highest BCUT2D eigenvalue weighted by atomic mass is 19.4. The SMILES string of the molecule is Nc1cc(Oc2ccc(Oc3ccc(Oc4cc(N)cc(C(F)(F)F)c4)cc3)cc2)cc(C(F)(F)F)c1. The number of ether oxygens (including phenoxy) is 3. The Bertz CT molecular complexity index is 1280. The summed E-state index contributed by atoms with van der Waals surface area (Å²) in [5.41, 5.74) is 9.06. The molecule has 4 N–H and O–H groups in total. The Balaban J connectivity index is 1.40. The molecule has 4 aromatic carbocycles. The zero-order valence-corrected chi connectivity index (χ0v) is 18.7. The summed E-state index contributed by atoms with van der Waals surface area (Å²) in [6.45, 7) is 0. The second kappa shape index (κ2) is 9.84. The van der Waals surface area contributed by atoms with Crippen molar-refractivity contribution in [3.05, 3.63) is 96.1 Å². The zero-order chi connectivity index (χ0) is 26.8. The third-order valence-electron chi connectivity index (χ3n) is 4.87. The molecule has 4 rings (SSSR count). The molecule has 192 valence electrons. The van der Waals surface area contributed by atoms with Gasteiger partial charge in [0.25, 0.3) is 0 Å². The lowest BCUT2D eigenvalue weighted by molar-refractivity contribution is -0.138. The molecule has 0 atom stereocenters. The highest BCUT2D eigenvalue weighted by molar-refractivity contribution is 5.51. The molecule has 0 spiro atoms. The maximum absolute atomic E-state index is 13.0. The Kier molecular flexibility index (Phi) is 6.80. The molecular formula is C26H18F6N2O3. The number of alkyl halides is 6. The van der Waals surface area contributed by atoms with Crippen molar-refractivity contribution in [2.24, 2.45) is 0 Å². The fourth-order valence-electron chi connectivity index (χ4n) is 3.25. The van der Waals surface area contributed by atoms with Gasteiger partial charge in [-0.1, -0.05) is 0 Å². The average molecular weight is 520 g/mol. The van der Waals surface area contributed by atoms with Gasteiger partial charge in [-0.2, -0.15) is 26.3 Å². The smallest absolute Gasteiger partial charge is 0.416 e. The van der Waals surface area contributed by atoms with Crippen molar-refractivity contribution in [2.75, 3.05) is 11.5 Å². The van der Waals surface area contributed by atoms with Crippen LogP contribution in [0.25, 0.3) is 0 Å². The van der Waals surface area contributed by atoms with E-state index in [4.69, 9.17) is 25.7 Å². The summed E-state index contributed by atoms with van der Waals surface area (Å²) in [7, 11) is 0. The van der Waals surface area contributed by atoms with Crippen LogP contribution in [0.3, 0.4) is 0 Å². The number of nitrogens with two attached hydrogens (primary N) is 2. The number of hydrogen-bond donors (Lipinski definition) is 2. The molecule has 0 saturated carbocycles. The number of benzene rings is 4. The van der Waals surface area contributed by atoms with Gasteiger partial charge in [-0.25, -0.2) is 0 Å². The van der Waals surface area contributed by atoms with Crippen LogP contribution in [0.15, 0.2) is 84.9 Å². The standard InChI is InChI=1S/C26H18F6N2O3/c27-25(28,29)15-9-17(33)13-23(11-15)36-21-5-1-19(2-6-21)35-20-3-7-22(8-4-20)37-24-12-16(26(30,31)32)10-18(34)14-24/h1-14H,33-34H2. The van der Waals surface area contributed by atoms with Gasteiger partial charge in [-0.05, 0) is 72.8 Å². The van der Waals surface area contributed by atoms with Crippen LogP contribution in [0, 0.1) is 0 Å². The first-order chi connectivity index (χ1) is 17.3. The normalized spacial score (nSPS) is 11.7. The molecule has 0 aliphatic rings. The molecule has 0 bridgehead atoms. The van der Waals surface area contributed by atoms with Gasteiger partial charge in [0.15, 0.2) is 0 Å². The highest BCUT2D eigenvalue weighted by Crippen LogP contribution is 2.37. The molecule has 0 unspecified atom stereocenters. The second-order valence-electron chi connectivity index (χ2n) is 7.83. The molecule has 0 aliphatic carbocycles. The van der Waals surface area contributed by atoms with Crippen LogP contribution < -0.4 is 25.7 Å². The molecule has 0 radical (unpaired) electrons. The van der Waals surface area contributed by atoms with E-state index in [0.29, 0.717) is 11.5 Å². The van der Waals surface area contributed by atoms with E-state index in [1.54, 1.807) is 24.3 Å². The van der Waals surface area contributed by atoms with Crippen LogP contribution in [0.4, 0.5) is 37.7 Å². The maximum atomic E-state index is 13.0. The molecule has 0 fully saturated rings. The van der Waals surface area contributed by atoms with Crippen LogP contribution in [-0.2, 0) is 12.4 Å².